The lowest BCUT2D eigenvalue weighted by molar-refractivity contribution is 0.173. The average molecular weight is 479 g/mol. The first-order valence-electron chi connectivity index (χ1n) is 12.4. The summed E-state index contributed by atoms with van der Waals surface area (Å²) in [6.45, 7) is 12.0. The Morgan fingerprint density at radius 3 is 2.74 bits per heavy atom. The van der Waals surface area contributed by atoms with Gasteiger partial charge in [-0.05, 0) is 101 Å². The first-order chi connectivity index (χ1) is 16.6. The molecule has 1 aromatic carbocycles. The Morgan fingerprint density at radius 1 is 1.18 bits per heavy atom. The molecule has 1 saturated heterocycles. The van der Waals surface area contributed by atoms with E-state index < -0.39 is 0 Å². The van der Waals surface area contributed by atoms with Crippen molar-refractivity contribution in [3.8, 4) is 5.75 Å². The van der Waals surface area contributed by atoms with E-state index in [0.717, 1.165) is 85.2 Å². The Morgan fingerprint density at radius 2 is 2.00 bits per heavy atom. The highest BCUT2D eigenvalue weighted by Gasteiger charge is 2.25. The molecule has 2 aliphatic rings. The standard InChI is InChI=1S/C27H34N4O2S/c1-28-24-12-15-34-26(24)17-31-13-10-19(11-14-31)6-8-23-21-7-9-25(32-18-20-4-5-20)22(16-30(2)3)27(21)33-29-23/h7,9,12,15,19-20H,4-6,8,10-11,13-14,16-18H2,2-3H3. The number of benzene rings is 1. The summed E-state index contributed by atoms with van der Waals surface area (Å²) in [5.74, 6) is 2.38. The minimum atomic E-state index is 0.717. The number of aryl methyl sites for hydroxylation is 1. The van der Waals surface area contributed by atoms with Crippen LogP contribution in [0, 0.1) is 18.4 Å². The molecule has 0 atom stereocenters. The minimum Gasteiger partial charge on any atom is -0.493 e. The quantitative estimate of drug-likeness (QED) is 0.328. The predicted molar refractivity (Wildman–Crippen MR) is 137 cm³/mol. The van der Waals surface area contributed by atoms with Crippen molar-refractivity contribution in [3.05, 3.63) is 51.1 Å². The van der Waals surface area contributed by atoms with Crippen molar-refractivity contribution in [2.75, 3.05) is 33.8 Å². The lowest BCUT2D eigenvalue weighted by atomic mass is 9.91. The number of thiophene rings is 1. The summed E-state index contributed by atoms with van der Waals surface area (Å²) in [5, 5.41) is 7.66. The zero-order valence-electron chi connectivity index (χ0n) is 20.3. The monoisotopic (exact) mass is 478 g/mol. The predicted octanol–water partition coefficient (Wildman–Crippen LogP) is 6.14. The molecule has 0 N–H and O–H groups in total. The van der Waals surface area contributed by atoms with Gasteiger partial charge in [0.05, 0.1) is 24.4 Å². The van der Waals surface area contributed by atoms with Crippen molar-refractivity contribution in [3.63, 3.8) is 0 Å². The lowest BCUT2D eigenvalue weighted by Gasteiger charge is -2.31. The number of rotatable bonds is 10. The second kappa shape index (κ2) is 10.5. The molecular weight excluding hydrogens is 444 g/mol. The van der Waals surface area contributed by atoms with Gasteiger partial charge in [-0.1, -0.05) is 5.16 Å². The van der Waals surface area contributed by atoms with Crippen molar-refractivity contribution >= 4 is 28.0 Å². The maximum atomic E-state index is 7.32. The van der Waals surface area contributed by atoms with Crippen LogP contribution in [0.3, 0.4) is 0 Å². The van der Waals surface area contributed by atoms with Crippen LogP contribution in [0.2, 0.25) is 0 Å². The van der Waals surface area contributed by atoms with Crippen molar-refractivity contribution in [1.82, 2.24) is 15.0 Å². The molecule has 0 spiro atoms. The minimum absolute atomic E-state index is 0.717. The van der Waals surface area contributed by atoms with E-state index in [4.69, 9.17) is 15.8 Å². The summed E-state index contributed by atoms with van der Waals surface area (Å²) in [6.07, 6.45) is 7.08. The summed E-state index contributed by atoms with van der Waals surface area (Å²) in [6, 6.07) is 6.19. The second-order valence-corrected chi connectivity index (χ2v) is 11.1. The third-order valence-electron chi connectivity index (χ3n) is 7.13. The van der Waals surface area contributed by atoms with Gasteiger partial charge in [0.15, 0.2) is 5.58 Å². The Balaban J connectivity index is 1.19. The largest absolute Gasteiger partial charge is 0.493 e. The number of likely N-dealkylation sites (tertiary alicyclic amines) is 1. The highest BCUT2D eigenvalue weighted by Crippen LogP contribution is 2.35. The molecular formula is C27H34N4O2S. The van der Waals surface area contributed by atoms with Crippen LogP contribution in [-0.4, -0.2) is 48.7 Å². The Bertz CT molecular complexity index is 1150. The molecule has 3 heterocycles. The van der Waals surface area contributed by atoms with Crippen LogP contribution in [0.4, 0.5) is 5.69 Å². The van der Waals surface area contributed by atoms with Crippen molar-refractivity contribution in [1.29, 1.82) is 0 Å². The van der Waals surface area contributed by atoms with Gasteiger partial charge in [0.2, 0.25) is 5.69 Å². The molecule has 0 amide bonds. The molecule has 0 radical (unpaired) electrons. The Labute approximate surface area is 206 Å². The zero-order valence-corrected chi connectivity index (χ0v) is 21.1. The van der Waals surface area contributed by atoms with Gasteiger partial charge in [-0.3, -0.25) is 4.90 Å². The number of piperidine rings is 1. The van der Waals surface area contributed by atoms with E-state index in [1.165, 1.54) is 30.6 Å². The van der Waals surface area contributed by atoms with Gasteiger partial charge in [-0.25, -0.2) is 4.85 Å². The van der Waals surface area contributed by atoms with Gasteiger partial charge in [0.25, 0.3) is 0 Å². The third-order valence-corrected chi connectivity index (χ3v) is 8.02. The van der Waals surface area contributed by atoms with Crippen molar-refractivity contribution in [2.24, 2.45) is 11.8 Å². The number of fused-ring (bicyclic) bond motifs is 1. The number of nitrogens with zero attached hydrogens (tertiary/aromatic N) is 4. The molecule has 1 aliphatic carbocycles. The molecule has 3 aromatic rings. The maximum absolute atomic E-state index is 7.32. The summed E-state index contributed by atoms with van der Waals surface area (Å²) >= 11 is 1.71. The molecule has 6 nitrogen and oxygen atoms in total. The van der Waals surface area contributed by atoms with Gasteiger partial charge in [0, 0.05) is 23.4 Å². The van der Waals surface area contributed by atoms with Gasteiger partial charge < -0.3 is 14.2 Å². The van der Waals surface area contributed by atoms with E-state index >= 15 is 0 Å². The van der Waals surface area contributed by atoms with E-state index in [0.29, 0.717) is 5.92 Å². The van der Waals surface area contributed by atoms with E-state index in [9.17, 15) is 0 Å². The SMILES string of the molecule is [C-]#[N+]c1ccsc1CN1CCC(CCc2noc3c(CN(C)C)c(OCC4CC4)ccc23)CC1. The molecule has 1 saturated carbocycles. The van der Waals surface area contributed by atoms with Gasteiger partial charge in [0.1, 0.15) is 5.75 Å². The molecule has 34 heavy (non-hydrogen) atoms. The summed E-state index contributed by atoms with van der Waals surface area (Å²) in [4.78, 5) is 9.51. The molecule has 7 heteroatoms. The van der Waals surface area contributed by atoms with Gasteiger partial charge in [-0.15, -0.1) is 0 Å². The smallest absolute Gasteiger partial charge is 0.202 e. The van der Waals surface area contributed by atoms with Gasteiger partial charge >= 0.3 is 0 Å². The highest BCUT2D eigenvalue weighted by molar-refractivity contribution is 7.10. The maximum Gasteiger partial charge on any atom is 0.202 e. The number of hydrogen-bond acceptors (Lipinski definition) is 6. The third kappa shape index (κ3) is 5.46. The zero-order chi connectivity index (χ0) is 23.5. The first kappa shape index (κ1) is 23.3. The van der Waals surface area contributed by atoms with E-state index in [1.807, 2.05) is 11.4 Å². The summed E-state index contributed by atoms with van der Waals surface area (Å²) < 4.78 is 12.1. The number of hydrogen-bond donors (Lipinski definition) is 0. The van der Waals surface area contributed by atoms with E-state index in [-0.39, 0.29) is 0 Å². The van der Waals surface area contributed by atoms with Crippen LogP contribution in [-0.2, 0) is 19.5 Å². The first-order valence-corrected chi connectivity index (χ1v) is 13.3. The Hall–Kier alpha value is -2.40. The summed E-state index contributed by atoms with van der Waals surface area (Å²) in [5.41, 5.74) is 3.90. The number of aromatic nitrogens is 1. The van der Waals surface area contributed by atoms with Crippen LogP contribution >= 0.6 is 11.3 Å². The lowest BCUT2D eigenvalue weighted by Crippen LogP contribution is -2.33. The van der Waals surface area contributed by atoms with Gasteiger partial charge in [-0.2, -0.15) is 11.3 Å². The number of ether oxygens (including phenoxy) is 1. The summed E-state index contributed by atoms with van der Waals surface area (Å²) in [7, 11) is 4.15. The van der Waals surface area contributed by atoms with Crippen LogP contribution in [0.1, 0.15) is 48.2 Å². The molecule has 2 fully saturated rings. The fourth-order valence-corrected chi connectivity index (χ4v) is 5.75. The molecule has 2 aromatic heterocycles. The Kier molecular flexibility index (Phi) is 7.19. The fraction of sp³-hybridized carbons (Fsp3) is 0.556. The molecule has 0 unspecified atom stereocenters. The normalized spacial score (nSPS) is 17.5. The molecule has 1 aliphatic heterocycles. The van der Waals surface area contributed by atoms with Crippen LogP contribution in [0.25, 0.3) is 15.8 Å². The van der Waals surface area contributed by atoms with E-state index in [2.05, 4.69) is 46.0 Å². The fourth-order valence-electron chi connectivity index (χ4n) is 4.89. The van der Waals surface area contributed by atoms with E-state index in [1.54, 1.807) is 11.3 Å². The topological polar surface area (TPSA) is 46.1 Å². The van der Waals surface area contributed by atoms with Crippen LogP contribution < -0.4 is 4.74 Å². The van der Waals surface area contributed by atoms with Crippen LogP contribution in [0.15, 0.2) is 28.1 Å². The van der Waals surface area contributed by atoms with Crippen molar-refractivity contribution in [2.45, 2.75) is 51.6 Å². The average Bonchev–Trinajstić information content (AvgIpc) is 3.40. The molecule has 180 valence electrons. The van der Waals surface area contributed by atoms with Crippen LogP contribution in [0.5, 0.6) is 5.75 Å². The highest BCUT2D eigenvalue weighted by atomic mass is 32.1. The molecule has 5 rings (SSSR count). The molecule has 0 bridgehead atoms. The second-order valence-electron chi connectivity index (χ2n) is 10.1. The van der Waals surface area contributed by atoms with Crippen molar-refractivity contribution < 1.29 is 9.26 Å².